The standard InChI is InChI=1S/C9H7BrClN3O2S/c1-3-5(10)4(2)14(13-3)9-12-7(11)6(17-9)8(15)16/h1-2H3,(H,15,16). The SMILES string of the molecule is Cc1nn(-c2nc(Cl)c(C(=O)O)s2)c(C)c1Br. The van der Waals surface area contributed by atoms with Gasteiger partial charge in [-0.2, -0.15) is 5.10 Å². The predicted octanol–water partition coefficient (Wildman–Crippen LogP) is 3.06. The highest BCUT2D eigenvalue weighted by atomic mass is 79.9. The van der Waals surface area contributed by atoms with Gasteiger partial charge in [0, 0.05) is 0 Å². The summed E-state index contributed by atoms with van der Waals surface area (Å²) in [7, 11) is 0. The number of nitrogens with zero attached hydrogens (tertiary/aromatic N) is 3. The van der Waals surface area contributed by atoms with Crippen LogP contribution >= 0.6 is 38.9 Å². The van der Waals surface area contributed by atoms with E-state index in [0.717, 1.165) is 27.2 Å². The van der Waals surface area contributed by atoms with E-state index in [2.05, 4.69) is 26.0 Å². The molecule has 0 radical (unpaired) electrons. The van der Waals surface area contributed by atoms with Gasteiger partial charge in [0.1, 0.15) is 0 Å². The van der Waals surface area contributed by atoms with Crippen LogP contribution in [-0.4, -0.2) is 25.8 Å². The zero-order valence-corrected chi connectivity index (χ0v) is 12.0. The third-order valence-electron chi connectivity index (χ3n) is 2.15. The van der Waals surface area contributed by atoms with Crippen LogP contribution in [0.1, 0.15) is 21.1 Å². The minimum absolute atomic E-state index is 0.0128. The molecule has 0 saturated heterocycles. The molecule has 0 aliphatic rings. The number of hydrogen-bond acceptors (Lipinski definition) is 4. The summed E-state index contributed by atoms with van der Waals surface area (Å²) in [6, 6.07) is 0. The van der Waals surface area contributed by atoms with Gasteiger partial charge in [0.05, 0.1) is 15.9 Å². The fraction of sp³-hybridized carbons (Fsp3) is 0.222. The van der Waals surface area contributed by atoms with E-state index in [4.69, 9.17) is 16.7 Å². The molecule has 0 saturated carbocycles. The predicted molar refractivity (Wildman–Crippen MR) is 68.4 cm³/mol. The van der Waals surface area contributed by atoms with Gasteiger partial charge in [0.2, 0.25) is 5.13 Å². The summed E-state index contributed by atoms with van der Waals surface area (Å²) in [5, 5.41) is 13.6. The molecule has 1 N–H and O–H groups in total. The van der Waals surface area contributed by atoms with Crippen molar-refractivity contribution < 1.29 is 9.90 Å². The molecule has 0 atom stereocenters. The van der Waals surface area contributed by atoms with Crippen molar-refractivity contribution in [3.05, 3.63) is 25.9 Å². The van der Waals surface area contributed by atoms with Crippen LogP contribution in [0.4, 0.5) is 0 Å². The summed E-state index contributed by atoms with van der Waals surface area (Å²) in [4.78, 5) is 14.9. The fourth-order valence-electron chi connectivity index (χ4n) is 1.32. The topological polar surface area (TPSA) is 68.0 Å². The zero-order chi connectivity index (χ0) is 12.7. The van der Waals surface area contributed by atoms with Crippen molar-refractivity contribution in [1.29, 1.82) is 0 Å². The van der Waals surface area contributed by atoms with E-state index in [-0.39, 0.29) is 10.0 Å². The van der Waals surface area contributed by atoms with E-state index >= 15 is 0 Å². The van der Waals surface area contributed by atoms with Gasteiger partial charge in [0.15, 0.2) is 10.0 Å². The van der Waals surface area contributed by atoms with Crippen molar-refractivity contribution in [3.8, 4) is 5.13 Å². The average molecular weight is 337 g/mol. The summed E-state index contributed by atoms with van der Waals surface area (Å²) in [6.45, 7) is 3.71. The largest absolute Gasteiger partial charge is 0.477 e. The van der Waals surface area contributed by atoms with Crippen LogP contribution in [-0.2, 0) is 0 Å². The van der Waals surface area contributed by atoms with E-state index in [9.17, 15) is 4.79 Å². The second-order valence-electron chi connectivity index (χ2n) is 3.32. The normalized spacial score (nSPS) is 10.8. The number of halogens is 2. The number of thiazole rings is 1. The molecule has 0 aliphatic heterocycles. The van der Waals surface area contributed by atoms with Crippen molar-refractivity contribution in [1.82, 2.24) is 14.8 Å². The molecule has 5 nitrogen and oxygen atoms in total. The van der Waals surface area contributed by atoms with E-state index in [1.54, 1.807) is 4.68 Å². The van der Waals surface area contributed by atoms with E-state index < -0.39 is 5.97 Å². The van der Waals surface area contributed by atoms with Gasteiger partial charge >= 0.3 is 5.97 Å². The minimum Gasteiger partial charge on any atom is -0.477 e. The molecular weight excluding hydrogens is 330 g/mol. The molecule has 2 heterocycles. The third-order valence-corrected chi connectivity index (χ3v) is 4.71. The maximum atomic E-state index is 10.9. The first-order valence-electron chi connectivity index (χ1n) is 4.53. The number of aryl methyl sites for hydroxylation is 1. The Hall–Kier alpha value is -0.920. The van der Waals surface area contributed by atoms with Crippen molar-refractivity contribution >= 4 is 44.8 Å². The molecule has 8 heteroatoms. The molecule has 0 fully saturated rings. The van der Waals surface area contributed by atoms with Crippen LogP contribution in [0, 0.1) is 13.8 Å². The lowest BCUT2D eigenvalue weighted by molar-refractivity contribution is 0.0702. The average Bonchev–Trinajstić information content (AvgIpc) is 2.75. The molecule has 0 amide bonds. The molecular formula is C9H7BrClN3O2S. The Bertz CT molecular complexity index is 608. The van der Waals surface area contributed by atoms with E-state index in [1.165, 1.54) is 0 Å². The zero-order valence-electron chi connectivity index (χ0n) is 8.86. The third kappa shape index (κ3) is 2.10. The molecule has 0 bridgehead atoms. The molecule has 2 aromatic rings. The van der Waals surface area contributed by atoms with Gasteiger partial charge in [-0.1, -0.05) is 22.9 Å². The number of carboxylic acid groups (broad SMARTS) is 1. The lowest BCUT2D eigenvalue weighted by atomic mass is 10.4. The Morgan fingerprint density at radius 3 is 2.59 bits per heavy atom. The van der Waals surface area contributed by atoms with Gasteiger partial charge in [-0.05, 0) is 29.8 Å². The number of carboxylic acids is 1. The molecule has 0 unspecified atom stereocenters. The van der Waals surface area contributed by atoms with Crippen molar-refractivity contribution in [2.24, 2.45) is 0 Å². The summed E-state index contributed by atoms with van der Waals surface area (Å²) < 4.78 is 2.45. The number of rotatable bonds is 2. The Morgan fingerprint density at radius 1 is 1.53 bits per heavy atom. The quantitative estimate of drug-likeness (QED) is 0.915. The number of carbonyl (C=O) groups is 1. The van der Waals surface area contributed by atoms with E-state index in [0.29, 0.717) is 5.13 Å². The maximum absolute atomic E-state index is 10.9. The highest BCUT2D eigenvalue weighted by Crippen LogP contribution is 2.29. The molecule has 2 aromatic heterocycles. The highest BCUT2D eigenvalue weighted by Gasteiger charge is 2.19. The number of hydrogen-bond donors (Lipinski definition) is 1. The Balaban J connectivity index is 2.57. The number of aromatic nitrogens is 3. The highest BCUT2D eigenvalue weighted by molar-refractivity contribution is 9.10. The molecule has 0 spiro atoms. The minimum atomic E-state index is -1.08. The van der Waals surface area contributed by atoms with Crippen LogP contribution < -0.4 is 0 Å². The molecule has 0 aliphatic carbocycles. The first kappa shape index (κ1) is 12.5. The van der Waals surface area contributed by atoms with Gasteiger partial charge in [-0.3, -0.25) is 0 Å². The van der Waals surface area contributed by atoms with Crippen LogP contribution in [0.25, 0.3) is 5.13 Å². The van der Waals surface area contributed by atoms with Gasteiger partial charge in [-0.25, -0.2) is 14.5 Å². The Labute approximate surface area is 114 Å². The van der Waals surface area contributed by atoms with Crippen LogP contribution in [0.2, 0.25) is 5.15 Å². The van der Waals surface area contributed by atoms with Gasteiger partial charge in [0.25, 0.3) is 0 Å². The van der Waals surface area contributed by atoms with Crippen molar-refractivity contribution in [2.45, 2.75) is 13.8 Å². The monoisotopic (exact) mass is 335 g/mol. The Kier molecular flexibility index (Phi) is 3.24. The van der Waals surface area contributed by atoms with Crippen LogP contribution in [0.3, 0.4) is 0 Å². The lowest BCUT2D eigenvalue weighted by Gasteiger charge is -1.97. The first-order chi connectivity index (χ1) is 7.91. The first-order valence-corrected chi connectivity index (χ1v) is 6.52. The maximum Gasteiger partial charge on any atom is 0.349 e. The summed E-state index contributed by atoms with van der Waals surface area (Å²) in [5.74, 6) is -1.08. The molecule has 17 heavy (non-hydrogen) atoms. The van der Waals surface area contributed by atoms with Gasteiger partial charge < -0.3 is 5.11 Å². The number of aromatic carboxylic acids is 1. The summed E-state index contributed by atoms with van der Waals surface area (Å²) in [5.41, 5.74) is 1.66. The van der Waals surface area contributed by atoms with Crippen molar-refractivity contribution in [2.75, 3.05) is 0 Å². The van der Waals surface area contributed by atoms with Crippen molar-refractivity contribution in [3.63, 3.8) is 0 Å². The second-order valence-corrected chi connectivity index (χ2v) is 5.45. The van der Waals surface area contributed by atoms with Crippen LogP contribution in [0.15, 0.2) is 4.47 Å². The van der Waals surface area contributed by atoms with E-state index in [1.807, 2.05) is 13.8 Å². The molecule has 0 aromatic carbocycles. The smallest absolute Gasteiger partial charge is 0.349 e. The molecule has 90 valence electrons. The Morgan fingerprint density at radius 2 is 2.18 bits per heavy atom. The fourth-order valence-corrected chi connectivity index (χ4v) is 2.70. The second kappa shape index (κ2) is 4.40. The lowest BCUT2D eigenvalue weighted by Crippen LogP contribution is -1.97. The molecule has 2 rings (SSSR count). The summed E-state index contributed by atoms with van der Waals surface area (Å²) in [6.07, 6.45) is 0. The summed E-state index contributed by atoms with van der Waals surface area (Å²) >= 11 is 10.1. The van der Waals surface area contributed by atoms with Crippen LogP contribution in [0.5, 0.6) is 0 Å². The van der Waals surface area contributed by atoms with Gasteiger partial charge in [-0.15, -0.1) is 0 Å².